The van der Waals surface area contributed by atoms with Crippen LogP contribution in [0.1, 0.15) is 23.1 Å². The van der Waals surface area contributed by atoms with Gasteiger partial charge in [0.1, 0.15) is 0 Å². The maximum absolute atomic E-state index is 5.94. The zero-order valence-electron chi connectivity index (χ0n) is 10.2. The van der Waals surface area contributed by atoms with Gasteiger partial charge in [0.05, 0.1) is 12.7 Å². The van der Waals surface area contributed by atoms with Crippen molar-refractivity contribution in [2.45, 2.75) is 12.0 Å². The fourth-order valence-electron chi connectivity index (χ4n) is 2.47. The van der Waals surface area contributed by atoms with Crippen molar-refractivity contribution in [3.63, 3.8) is 0 Å². The topological polar surface area (TPSA) is 9.23 Å². The summed E-state index contributed by atoms with van der Waals surface area (Å²) in [5.41, 5.74) is 2.55. The van der Waals surface area contributed by atoms with E-state index in [9.17, 15) is 0 Å². The maximum Gasteiger partial charge on any atom is 0.0932 e. The van der Waals surface area contributed by atoms with Gasteiger partial charge in [-0.3, -0.25) is 0 Å². The molecule has 0 radical (unpaired) electrons. The van der Waals surface area contributed by atoms with Gasteiger partial charge in [0.25, 0.3) is 0 Å². The van der Waals surface area contributed by atoms with Crippen molar-refractivity contribution in [1.82, 2.24) is 0 Å². The molecule has 0 saturated heterocycles. The van der Waals surface area contributed by atoms with Crippen LogP contribution >= 0.6 is 0 Å². The summed E-state index contributed by atoms with van der Waals surface area (Å²) in [5.74, 6) is 0.308. The van der Waals surface area contributed by atoms with Crippen molar-refractivity contribution in [3.8, 4) is 0 Å². The van der Waals surface area contributed by atoms with Crippen LogP contribution < -0.4 is 0 Å². The van der Waals surface area contributed by atoms with Gasteiger partial charge in [-0.25, -0.2) is 0 Å². The number of rotatable bonds is 2. The Morgan fingerprint density at radius 2 is 1.39 bits per heavy atom. The second kappa shape index (κ2) is 5.19. The Balaban J connectivity index is 1.96. The lowest BCUT2D eigenvalue weighted by atomic mass is 9.87. The minimum Gasteiger partial charge on any atom is -0.369 e. The minimum absolute atomic E-state index is 0.124. The van der Waals surface area contributed by atoms with Gasteiger partial charge >= 0.3 is 0 Å². The summed E-state index contributed by atoms with van der Waals surface area (Å²) in [6.45, 7) is 0.697. The van der Waals surface area contributed by atoms with Gasteiger partial charge in [0.15, 0.2) is 0 Å². The first-order valence-corrected chi connectivity index (χ1v) is 6.33. The van der Waals surface area contributed by atoms with E-state index in [4.69, 9.17) is 4.74 Å². The summed E-state index contributed by atoms with van der Waals surface area (Å²) in [6.07, 6.45) is 4.49. The van der Waals surface area contributed by atoms with Crippen LogP contribution in [0.3, 0.4) is 0 Å². The van der Waals surface area contributed by atoms with E-state index in [1.807, 2.05) is 6.07 Å². The van der Waals surface area contributed by atoms with Crippen LogP contribution in [0.25, 0.3) is 0 Å². The molecule has 2 atom stereocenters. The standard InChI is InChI=1S/C17H16O/c1-3-8-14(9-4-1)16-12-7-13-18-17(16)15-10-5-2-6-11-15/h1-12,16-17H,13H2/t16-,17-/m1/s1. The van der Waals surface area contributed by atoms with Crippen LogP contribution in [0, 0.1) is 0 Å². The third-order valence-corrected chi connectivity index (χ3v) is 3.35. The van der Waals surface area contributed by atoms with E-state index < -0.39 is 0 Å². The van der Waals surface area contributed by atoms with Crippen LogP contribution in [0.2, 0.25) is 0 Å². The maximum atomic E-state index is 5.94. The molecule has 1 heterocycles. The molecule has 1 aliphatic heterocycles. The SMILES string of the molecule is C1=C[C@H](c2ccccc2)[C@@H](c2ccccc2)OC1. The van der Waals surface area contributed by atoms with Crippen molar-refractivity contribution >= 4 is 0 Å². The monoisotopic (exact) mass is 236 g/mol. The van der Waals surface area contributed by atoms with Crippen LogP contribution in [-0.2, 0) is 4.74 Å². The normalized spacial score (nSPS) is 22.9. The minimum atomic E-state index is 0.124. The first-order valence-electron chi connectivity index (χ1n) is 6.33. The molecule has 1 nitrogen and oxygen atoms in total. The van der Waals surface area contributed by atoms with E-state index in [2.05, 4.69) is 66.7 Å². The summed E-state index contributed by atoms with van der Waals surface area (Å²) < 4.78 is 5.94. The number of hydrogen-bond acceptors (Lipinski definition) is 1. The van der Waals surface area contributed by atoms with Gasteiger partial charge in [-0.2, -0.15) is 0 Å². The molecule has 0 amide bonds. The lowest BCUT2D eigenvalue weighted by Gasteiger charge is -2.28. The highest BCUT2D eigenvalue weighted by Gasteiger charge is 2.25. The zero-order valence-corrected chi connectivity index (χ0v) is 10.2. The average Bonchev–Trinajstić information content (AvgIpc) is 2.49. The van der Waals surface area contributed by atoms with E-state index >= 15 is 0 Å². The Morgan fingerprint density at radius 3 is 2.06 bits per heavy atom. The Morgan fingerprint density at radius 1 is 0.778 bits per heavy atom. The summed E-state index contributed by atoms with van der Waals surface area (Å²) >= 11 is 0. The molecule has 2 aromatic carbocycles. The molecule has 0 N–H and O–H groups in total. The Bertz CT molecular complexity index is 516. The van der Waals surface area contributed by atoms with Crippen LogP contribution in [0.4, 0.5) is 0 Å². The van der Waals surface area contributed by atoms with Crippen molar-refractivity contribution in [3.05, 3.63) is 83.9 Å². The van der Waals surface area contributed by atoms with Gasteiger partial charge < -0.3 is 4.74 Å². The summed E-state index contributed by atoms with van der Waals surface area (Å²) in [7, 11) is 0. The zero-order chi connectivity index (χ0) is 12.2. The lowest BCUT2D eigenvalue weighted by molar-refractivity contribution is 0.0536. The Kier molecular flexibility index (Phi) is 3.24. The largest absolute Gasteiger partial charge is 0.369 e. The van der Waals surface area contributed by atoms with E-state index in [0.29, 0.717) is 12.5 Å². The molecule has 0 aromatic heterocycles. The van der Waals surface area contributed by atoms with Gasteiger partial charge in [-0.15, -0.1) is 0 Å². The highest BCUT2D eigenvalue weighted by molar-refractivity contribution is 5.31. The fourth-order valence-corrected chi connectivity index (χ4v) is 2.47. The summed E-state index contributed by atoms with van der Waals surface area (Å²) in [4.78, 5) is 0. The molecule has 0 spiro atoms. The molecule has 2 aromatic rings. The van der Waals surface area contributed by atoms with Gasteiger partial charge in [-0.05, 0) is 11.1 Å². The first-order chi connectivity index (χ1) is 8.95. The van der Waals surface area contributed by atoms with E-state index in [1.54, 1.807) is 0 Å². The molecule has 1 heteroatoms. The number of benzene rings is 2. The van der Waals surface area contributed by atoms with Gasteiger partial charge in [0, 0.05) is 5.92 Å². The molecule has 1 aliphatic rings. The fraction of sp³-hybridized carbons (Fsp3) is 0.176. The number of hydrogen-bond donors (Lipinski definition) is 0. The third kappa shape index (κ3) is 2.22. The van der Waals surface area contributed by atoms with Crippen molar-refractivity contribution < 1.29 is 4.74 Å². The number of ether oxygens (including phenoxy) is 1. The average molecular weight is 236 g/mol. The Labute approximate surface area is 108 Å². The van der Waals surface area contributed by atoms with Crippen molar-refractivity contribution in [2.75, 3.05) is 6.61 Å². The van der Waals surface area contributed by atoms with Crippen molar-refractivity contribution in [1.29, 1.82) is 0 Å². The second-order valence-corrected chi connectivity index (χ2v) is 4.53. The molecule has 0 unspecified atom stereocenters. The molecule has 0 aliphatic carbocycles. The van der Waals surface area contributed by atoms with Crippen molar-refractivity contribution in [2.24, 2.45) is 0 Å². The van der Waals surface area contributed by atoms with E-state index in [1.165, 1.54) is 11.1 Å². The smallest absolute Gasteiger partial charge is 0.0932 e. The molecule has 3 rings (SSSR count). The lowest BCUT2D eigenvalue weighted by Crippen LogP contribution is -2.17. The molecule has 0 bridgehead atoms. The molecular weight excluding hydrogens is 220 g/mol. The van der Waals surface area contributed by atoms with Gasteiger partial charge in [0.2, 0.25) is 0 Å². The van der Waals surface area contributed by atoms with Crippen LogP contribution in [0.15, 0.2) is 72.8 Å². The molecule has 0 fully saturated rings. The van der Waals surface area contributed by atoms with E-state index in [-0.39, 0.29) is 6.10 Å². The predicted molar refractivity (Wildman–Crippen MR) is 73.5 cm³/mol. The summed E-state index contributed by atoms with van der Waals surface area (Å²) in [5, 5.41) is 0. The van der Waals surface area contributed by atoms with Gasteiger partial charge in [-0.1, -0.05) is 72.8 Å². The Hall–Kier alpha value is -1.86. The second-order valence-electron chi connectivity index (χ2n) is 4.53. The predicted octanol–water partition coefficient (Wildman–Crippen LogP) is 4.10. The molecule has 90 valence electrons. The van der Waals surface area contributed by atoms with Crippen LogP contribution in [-0.4, -0.2) is 6.61 Å². The molecule has 0 saturated carbocycles. The quantitative estimate of drug-likeness (QED) is 0.713. The van der Waals surface area contributed by atoms with E-state index in [0.717, 1.165) is 0 Å². The van der Waals surface area contributed by atoms with Crippen LogP contribution in [0.5, 0.6) is 0 Å². The first kappa shape index (κ1) is 11.2. The third-order valence-electron chi connectivity index (χ3n) is 3.35. The highest BCUT2D eigenvalue weighted by atomic mass is 16.5. The molecular formula is C17H16O. The highest BCUT2D eigenvalue weighted by Crippen LogP contribution is 2.37. The molecule has 18 heavy (non-hydrogen) atoms. The summed E-state index contributed by atoms with van der Waals surface area (Å²) in [6, 6.07) is 21.0.